The summed E-state index contributed by atoms with van der Waals surface area (Å²) in [5.74, 6) is 0.0517. The molecule has 0 spiro atoms. The molecular weight excluding hydrogens is 404 g/mol. The molecule has 0 aromatic heterocycles. The average molecular weight is 451 g/mol. The maximum Gasteiger partial charge on any atom is 0.317 e. The Morgan fingerprint density at radius 2 is 1.50 bits per heavy atom. The molecule has 1 aliphatic heterocycles. The fourth-order valence-corrected chi connectivity index (χ4v) is 4.66. The Balaban J connectivity index is 1.80. The minimum absolute atomic E-state index is 0.00106. The maximum atomic E-state index is 13.2. The SMILES string of the molecule is CCCCCCCC(=O)NC(C(=O)N1CCN(C(=O)NC2CCCCC2)CC1)C(C)CC. The number of carbonyl (C=O) groups excluding carboxylic acids is 3. The second-order valence-electron chi connectivity index (χ2n) is 9.69. The van der Waals surface area contributed by atoms with Crippen molar-refractivity contribution >= 4 is 17.8 Å². The lowest BCUT2D eigenvalue weighted by atomic mass is 9.96. The Hall–Kier alpha value is -1.79. The monoisotopic (exact) mass is 450 g/mol. The Morgan fingerprint density at radius 1 is 0.875 bits per heavy atom. The molecule has 184 valence electrons. The highest BCUT2D eigenvalue weighted by Crippen LogP contribution is 2.18. The normalized spacial score (nSPS) is 19.3. The quantitative estimate of drug-likeness (QED) is 0.466. The fourth-order valence-electron chi connectivity index (χ4n) is 4.66. The predicted molar refractivity (Wildman–Crippen MR) is 128 cm³/mol. The lowest BCUT2D eigenvalue weighted by Gasteiger charge is -2.38. The van der Waals surface area contributed by atoms with E-state index < -0.39 is 6.04 Å². The van der Waals surface area contributed by atoms with Crippen LogP contribution in [0.1, 0.15) is 97.8 Å². The zero-order chi connectivity index (χ0) is 23.3. The Morgan fingerprint density at radius 3 is 2.12 bits per heavy atom. The van der Waals surface area contributed by atoms with E-state index in [0.29, 0.717) is 38.6 Å². The molecule has 1 saturated heterocycles. The number of piperazine rings is 1. The van der Waals surface area contributed by atoms with Crippen molar-refractivity contribution in [1.82, 2.24) is 20.4 Å². The van der Waals surface area contributed by atoms with Crippen LogP contribution in [0, 0.1) is 5.92 Å². The van der Waals surface area contributed by atoms with Gasteiger partial charge in [0.05, 0.1) is 0 Å². The number of nitrogens with one attached hydrogen (secondary N) is 2. The van der Waals surface area contributed by atoms with Gasteiger partial charge in [0, 0.05) is 38.6 Å². The first-order chi connectivity index (χ1) is 15.5. The Bertz CT molecular complexity index is 584. The zero-order valence-electron chi connectivity index (χ0n) is 20.7. The number of unbranched alkanes of at least 4 members (excludes halogenated alkanes) is 4. The van der Waals surface area contributed by atoms with Crippen molar-refractivity contribution in [1.29, 1.82) is 0 Å². The van der Waals surface area contributed by atoms with Crippen LogP contribution >= 0.6 is 0 Å². The van der Waals surface area contributed by atoms with Crippen molar-refractivity contribution in [3.05, 3.63) is 0 Å². The molecular formula is C25H46N4O3. The molecule has 2 atom stereocenters. The molecule has 32 heavy (non-hydrogen) atoms. The third-order valence-electron chi connectivity index (χ3n) is 7.11. The van der Waals surface area contributed by atoms with Crippen LogP contribution in [0.15, 0.2) is 0 Å². The number of urea groups is 1. The van der Waals surface area contributed by atoms with Crippen molar-refractivity contribution in [2.24, 2.45) is 5.92 Å². The van der Waals surface area contributed by atoms with Crippen LogP contribution in [0.2, 0.25) is 0 Å². The van der Waals surface area contributed by atoms with Gasteiger partial charge in [0.1, 0.15) is 6.04 Å². The largest absolute Gasteiger partial charge is 0.344 e. The summed E-state index contributed by atoms with van der Waals surface area (Å²) < 4.78 is 0. The molecule has 0 aromatic carbocycles. The minimum Gasteiger partial charge on any atom is -0.344 e. The van der Waals surface area contributed by atoms with Gasteiger partial charge in [0.2, 0.25) is 11.8 Å². The summed E-state index contributed by atoms with van der Waals surface area (Å²) in [6, 6.07) is -0.188. The average Bonchev–Trinajstić information content (AvgIpc) is 2.82. The second kappa shape index (κ2) is 14.4. The van der Waals surface area contributed by atoms with Crippen molar-refractivity contribution in [3.63, 3.8) is 0 Å². The van der Waals surface area contributed by atoms with Gasteiger partial charge in [0.25, 0.3) is 0 Å². The van der Waals surface area contributed by atoms with E-state index in [2.05, 4.69) is 24.5 Å². The fraction of sp³-hybridized carbons (Fsp3) is 0.880. The molecule has 1 heterocycles. The molecule has 7 heteroatoms. The van der Waals surface area contributed by atoms with E-state index in [1.807, 2.05) is 16.7 Å². The van der Waals surface area contributed by atoms with E-state index in [0.717, 1.165) is 38.5 Å². The first-order valence-corrected chi connectivity index (χ1v) is 13.1. The summed E-state index contributed by atoms with van der Waals surface area (Å²) in [5, 5.41) is 6.19. The summed E-state index contributed by atoms with van der Waals surface area (Å²) in [5.41, 5.74) is 0. The summed E-state index contributed by atoms with van der Waals surface area (Å²) in [4.78, 5) is 42.0. The van der Waals surface area contributed by atoms with E-state index in [9.17, 15) is 14.4 Å². The Kier molecular flexibility index (Phi) is 11.9. The molecule has 7 nitrogen and oxygen atoms in total. The van der Waals surface area contributed by atoms with Crippen LogP contribution in [0.3, 0.4) is 0 Å². The van der Waals surface area contributed by atoms with Crippen molar-refractivity contribution < 1.29 is 14.4 Å². The van der Waals surface area contributed by atoms with Crippen LogP contribution in [0.5, 0.6) is 0 Å². The second-order valence-corrected chi connectivity index (χ2v) is 9.69. The molecule has 2 N–H and O–H groups in total. The number of amides is 4. The molecule has 0 bridgehead atoms. The molecule has 2 aliphatic rings. The van der Waals surface area contributed by atoms with Gasteiger partial charge in [-0.25, -0.2) is 4.79 Å². The summed E-state index contributed by atoms with van der Waals surface area (Å²) in [7, 11) is 0. The molecule has 0 radical (unpaired) electrons. The van der Waals surface area contributed by atoms with E-state index in [1.54, 1.807) is 0 Å². The number of hydrogen-bond donors (Lipinski definition) is 2. The smallest absolute Gasteiger partial charge is 0.317 e. The van der Waals surface area contributed by atoms with Crippen LogP contribution in [-0.2, 0) is 9.59 Å². The number of hydrogen-bond acceptors (Lipinski definition) is 3. The molecule has 0 aromatic rings. The summed E-state index contributed by atoms with van der Waals surface area (Å²) in [6.07, 6.45) is 12.6. The van der Waals surface area contributed by atoms with Crippen LogP contribution in [0.25, 0.3) is 0 Å². The third-order valence-corrected chi connectivity index (χ3v) is 7.11. The highest BCUT2D eigenvalue weighted by Gasteiger charge is 2.32. The lowest BCUT2D eigenvalue weighted by molar-refractivity contribution is -0.139. The molecule has 2 unspecified atom stereocenters. The van der Waals surface area contributed by atoms with Crippen LogP contribution in [0.4, 0.5) is 4.79 Å². The van der Waals surface area contributed by atoms with E-state index >= 15 is 0 Å². The van der Waals surface area contributed by atoms with Crippen molar-refractivity contribution in [2.75, 3.05) is 26.2 Å². The van der Waals surface area contributed by atoms with E-state index in [-0.39, 0.29) is 23.8 Å². The topological polar surface area (TPSA) is 81.8 Å². The molecule has 4 amide bonds. The first-order valence-electron chi connectivity index (χ1n) is 13.1. The van der Waals surface area contributed by atoms with Crippen molar-refractivity contribution in [3.8, 4) is 0 Å². The molecule has 1 aliphatic carbocycles. The first kappa shape index (κ1) is 26.5. The van der Waals surface area contributed by atoms with E-state index in [1.165, 1.54) is 32.1 Å². The molecule has 2 rings (SSSR count). The number of rotatable bonds is 11. The van der Waals surface area contributed by atoms with Crippen LogP contribution < -0.4 is 10.6 Å². The van der Waals surface area contributed by atoms with E-state index in [4.69, 9.17) is 0 Å². The Labute approximate surface area is 195 Å². The number of carbonyl (C=O) groups is 3. The summed E-state index contributed by atoms with van der Waals surface area (Å²) >= 11 is 0. The lowest BCUT2D eigenvalue weighted by Crippen LogP contribution is -2.59. The van der Waals surface area contributed by atoms with Gasteiger partial charge in [-0.2, -0.15) is 0 Å². The molecule has 1 saturated carbocycles. The standard InChI is InChI=1S/C25H46N4O3/c1-4-6-7-8-12-15-22(30)27-23(20(3)5-2)24(31)28-16-18-29(19-17-28)25(32)26-21-13-10-9-11-14-21/h20-21,23H,4-19H2,1-3H3,(H,26,32)(H,27,30). The zero-order valence-corrected chi connectivity index (χ0v) is 20.7. The highest BCUT2D eigenvalue weighted by atomic mass is 16.2. The maximum absolute atomic E-state index is 13.2. The van der Waals surface area contributed by atoms with Crippen molar-refractivity contribution in [2.45, 2.75) is 110 Å². The highest BCUT2D eigenvalue weighted by molar-refractivity contribution is 5.88. The van der Waals surface area contributed by atoms with Gasteiger partial charge >= 0.3 is 6.03 Å². The van der Waals surface area contributed by atoms with Gasteiger partial charge in [0.15, 0.2) is 0 Å². The minimum atomic E-state index is -0.481. The molecule has 2 fully saturated rings. The van der Waals surface area contributed by atoms with Crippen LogP contribution in [-0.4, -0.2) is 65.9 Å². The number of nitrogens with zero attached hydrogens (tertiary/aromatic N) is 2. The van der Waals surface area contributed by atoms with Gasteiger partial charge in [-0.05, 0) is 25.2 Å². The van der Waals surface area contributed by atoms with Gasteiger partial charge in [-0.1, -0.05) is 72.1 Å². The predicted octanol–water partition coefficient (Wildman–Crippen LogP) is 4.06. The van der Waals surface area contributed by atoms with Gasteiger partial charge < -0.3 is 20.4 Å². The summed E-state index contributed by atoms with van der Waals surface area (Å²) in [6.45, 7) is 8.39. The third kappa shape index (κ3) is 8.62. The van der Waals surface area contributed by atoms with Gasteiger partial charge in [-0.15, -0.1) is 0 Å². The van der Waals surface area contributed by atoms with Gasteiger partial charge in [-0.3, -0.25) is 9.59 Å².